The van der Waals surface area contributed by atoms with Crippen LogP contribution in [0.1, 0.15) is 39.0 Å². The maximum Gasteiger partial charge on any atom is 0.0963 e. The molecule has 4 heteroatoms. The van der Waals surface area contributed by atoms with Gasteiger partial charge in [-0.05, 0) is 44.4 Å². The van der Waals surface area contributed by atoms with E-state index in [9.17, 15) is 0 Å². The maximum atomic E-state index is 5.85. The van der Waals surface area contributed by atoms with Gasteiger partial charge in [0.25, 0.3) is 0 Å². The first kappa shape index (κ1) is 14.2. The van der Waals surface area contributed by atoms with Crippen molar-refractivity contribution in [2.75, 3.05) is 6.54 Å². The zero-order valence-electron chi connectivity index (χ0n) is 10.9. The Morgan fingerprint density at radius 1 is 1.44 bits per heavy atom. The van der Waals surface area contributed by atoms with E-state index in [1.165, 1.54) is 32.1 Å². The summed E-state index contributed by atoms with van der Waals surface area (Å²) < 4.78 is 0. The molecular formula is C14H21ClN2S. The second-order valence-corrected chi connectivity index (χ2v) is 6.63. The van der Waals surface area contributed by atoms with Gasteiger partial charge in [0.15, 0.2) is 0 Å². The number of rotatable bonds is 5. The summed E-state index contributed by atoms with van der Waals surface area (Å²) in [6, 6.07) is 4.64. The Labute approximate surface area is 119 Å². The van der Waals surface area contributed by atoms with Gasteiger partial charge in [-0.3, -0.25) is 0 Å². The minimum absolute atomic E-state index is 0.696. The summed E-state index contributed by atoms with van der Waals surface area (Å²) in [5.74, 6) is 0. The van der Waals surface area contributed by atoms with E-state index < -0.39 is 0 Å². The summed E-state index contributed by atoms with van der Waals surface area (Å²) in [6.07, 6.45) is 8.17. The van der Waals surface area contributed by atoms with E-state index in [1.54, 1.807) is 6.20 Å². The predicted molar refractivity (Wildman–Crippen MR) is 79.4 cm³/mol. The lowest BCUT2D eigenvalue weighted by atomic mass is 9.95. The molecule has 2 unspecified atom stereocenters. The Bertz CT molecular complexity index is 355. The van der Waals surface area contributed by atoms with Crippen LogP contribution >= 0.6 is 23.4 Å². The summed E-state index contributed by atoms with van der Waals surface area (Å²) >= 11 is 7.75. The van der Waals surface area contributed by atoms with Crippen LogP contribution < -0.4 is 5.32 Å². The zero-order valence-corrected chi connectivity index (χ0v) is 12.4. The van der Waals surface area contributed by atoms with Gasteiger partial charge in [0.05, 0.1) is 10.0 Å². The fraction of sp³-hybridized carbons (Fsp3) is 0.643. The Morgan fingerprint density at radius 2 is 2.33 bits per heavy atom. The number of nitrogens with one attached hydrogen (secondary N) is 1. The predicted octanol–water partition coefficient (Wildman–Crippen LogP) is 4.14. The minimum atomic E-state index is 0.696. The van der Waals surface area contributed by atoms with Crippen molar-refractivity contribution in [1.29, 1.82) is 0 Å². The average Bonchev–Trinajstić information content (AvgIpc) is 2.40. The lowest BCUT2D eigenvalue weighted by Gasteiger charge is -2.29. The van der Waals surface area contributed by atoms with Crippen molar-refractivity contribution < 1.29 is 0 Å². The molecule has 1 fully saturated rings. The van der Waals surface area contributed by atoms with Gasteiger partial charge in [-0.15, -0.1) is 11.8 Å². The van der Waals surface area contributed by atoms with E-state index in [0.717, 1.165) is 11.6 Å². The van der Waals surface area contributed by atoms with E-state index in [1.807, 2.05) is 23.9 Å². The van der Waals surface area contributed by atoms with Crippen LogP contribution in [0.5, 0.6) is 0 Å². The molecule has 0 saturated heterocycles. The third-order valence-electron chi connectivity index (χ3n) is 3.30. The summed E-state index contributed by atoms with van der Waals surface area (Å²) in [5.41, 5.74) is 0. The van der Waals surface area contributed by atoms with Crippen molar-refractivity contribution in [2.45, 2.75) is 55.3 Å². The standard InChI is InChI=1S/C14H21ClN2S/c1-2-8-16-12-4-3-5-13(9-12)18-14-7-6-11(15)10-17-14/h6-7,10,12-13,16H,2-5,8-9H2,1H3. The van der Waals surface area contributed by atoms with Crippen LogP contribution in [0.15, 0.2) is 23.4 Å². The normalized spacial score (nSPS) is 24.1. The number of hydrogen-bond acceptors (Lipinski definition) is 3. The monoisotopic (exact) mass is 284 g/mol. The Balaban J connectivity index is 1.83. The van der Waals surface area contributed by atoms with Crippen molar-refractivity contribution in [3.63, 3.8) is 0 Å². The molecule has 0 amide bonds. The molecule has 0 spiro atoms. The molecule has 1 aliphatic carbocycles. The van der Waals surface area contributed by atoms with Gasteiger partial charge in [-0.2, -0.15) is 0 Å². The number of thioether (sulfide) groups is 1. The third kappa shape index (κ3) is 4.45. The molecule has 1 aliphatic rings. The summed E-state index contributed by atoms with van der Waals surface area (Å²) in [5, 5.41) is 6.15. The van der Waals surface area contributed by atoms with E-state index in [2.05, 4.69) is 17.2 Å². The molecule has 0 aromatic carbocycles. The van der Waals surface area contributed by atoms with Crippen LogP contribution in [0.4, 0.5) is 0 Å². The van der Waals surface area contributed by atoms with Crippen LogP contribution in [0, 0.1) is 0 Å². The quantitative estimate of drug-likeness (QED) is 0.880. The van der Waals surface area contributed by atoms with Gasteiger partial charge < -0.3 is 5.32 Å². The molecule has 1 N–H and O–H groups in total. The van der Waals surface area contributed by atoms with Crippen LogP contribution in [-0.4, -0.2) is 22.8 Å². The fourth-order valence-electron chi connectivity index (χ4n) is 2.39. The van der Waals surface area contributed by atoms with Gasteiger partial charge in [0, 0.05) is 17.5 Å². The maximum absolute atomic E-state index is 5.85. The molecule has 1 heterocycles. The molecule has 2 atom stereocenters. The van der Waals surface area contributed by atoms with Crippen LogP contribution in [0.2, 0.25) is 5.02 Å². The first-order chi connectivity index (χ1) is 8.78. The molecule has 0 radical (unpaired) electrons. The highest BCUT2D eigenvalue weighted by atomic mass is 35.5. The molecule has 18 heavy (non-hydrogen) atoms. The Hall–Kier alpha value is -0.250. The van der Waals surface area contributed by atoms with Crippen molar-refractivity contribution in [3.05, 3.63) is 23.4 Å². The zero-order chi connectivity index (χ0) is 12.8. The van der Waals surface area contributed by atoms with Crippen molar-refractivity contribution in [2.24, 2.45) is 0 Å². The Morgan fingerprint density at radius 3 is 3.06 bits per heavy atom. The molecular weight excluding hydrogens is 264 g/mol. The summed E-state index contributed by atoms with van der Waals surface area (Å²) in [7, 11) is 0. The molecule has 1 aromatic rings. The van der Waals surface area contributed by atoms with E-state index in [0.29, 0.717) is 16.3 Å². The molecule has 1 saturated carbocycles. The second kappa shape index (κ2) is 7.37. The number of halogens is 1. The van der Waals surface area contributed by atoms with Gasteiger partial charge in [0.1, 0.15) is 0 Å². The highest BCUT2D eigenvalue weighted by Crippen LogP contribution is 2.33. The van der Waals surface area contributed by atoms with Gasteiger partial charge >= 0.3 is 0 Å². The van der Waals surface area contributed by atoms with Crippen molar-refractivity contribution in [3.8, 4) is 0 Å². The number of aromatic nitrogens is 1. The summed E-state index contributed by atoms with van der Waals surface area (Å²) in [4.78, 5) is 4.37. The minimum Gasteiger partial charge on any atom is -0.314 e. The van der Waals surface area contributed by atoms with E-state index >= 15 is 0 Å². The average molecular weight is 285 g/mol. The first-order valence-electron chi connectivity index (χ1n) is 6.79. The van der Waals surface area contributed by atoms with Crippen LogP contribution in [0.25, 0.3) is 0 Å². The lowest BCUT2D eigenvalue weighted by Crippen LogP contribution is -2.35. The van der Waals surface area contributed by atoms with Gasteiger partial charge in [-0.1, -0.05) is 24.9 Å². The van der Waals surface area contributed by atoms with Gasteiger partial charge in [-0.25, -0.2) is 4.98 Å². The molecule has 1 aromatic heterocycles. The number of pyridine rings is 1. The fourth-order valence-corrected chi connectivity index (χ4v) is 3.72. The second-order valence-electron chi connectivity index (χ2n) is 4.87. The van der Waals surface area contributed by atoms with E-state index in [4.69, 9.17) is 11.6 Å². The number of hydrogen-bond donors (Lipinski definition) is 1. The third-order valence-corrected chi connectivity index (χ3v) is 4.76. The molecule has 2 rings (SSSR count). The molecule has 100 valence electrons. The lowest BCUT2D eigenvalue weighted by molar-refractivity contribution is 0.381. The molecule has 0 bridgehead atoms. The topological polar surface area (TPSA) is 24.9 Å². The first-order valence-corrected chi connectivity index (χ1v) is 8.05. The highest BCUT2D eigenvalue weighted by molar-refractivity contribution is 7.99. The van der Waals surface area contributed by atoms with Crippen LogP contribution in [0.3, 0.4) is 0 Å². The van der Waals surface area contributed by atoms with Crippen LogP contribution in [-0.2, 0) is 0 Å². The highest BCUT2D eigenvalue weighted by Gasteiger charge is 2.22. The Kier molecular flexibility index (Phi) is 5.80. The molecule has 0 aliphatic heterocycles. The largest absolute Gasteiger partial charge is 0.314 e. The van der Waals surface area contributed by atoms with E-state index in [-0.39, 0.29) is 0 Å². The van der Waals surface area contributed by atoms with Crippen molar-refractivity contribution >= 4 is 23.4 Å². The summed E-state index contributed by atoms with van der Waals surface area (Å²) in [6.45, 7) is 3.36. The molecule has 2 nitrogen and oxygen atoms in total. The number of nitrogens with zero attached hydrogens (tertiary/aromatic N) is 1. The smallest absolute Gasteiger partial charge is 0.0963 e. The van der Waals surface area contributed by atoms with Gasteiger partial charge in [0.2, 0.25) is 0 Å². The van der Waals surface area contributed by atoms with Crippen molar-refractivity contribution in [1.82, 2.24) is 10.3 Å². The SMILES string of the molecule is CCCNC1CCCC(Sc2ccc(Cl)cn2)C1.